The number of carbonyl (C=O) groups excluding carboxylic acids is 1. The summed E-state index contributed by atoms with van der Waals surface area (Å²) in [5.74, 6) is 0.145. The number of hydrogen-bond acceptors (Lipinski definition) is 5. The first-order valence-corrected chi connectivity index (χ1v) is 8.56. The van der Waals surface area contributed by atoms with Crippen LogP contribution >= 0.6 is 11.6 Å². The van der Waals surface area contributed by atoms with Crippen molar-refractivity contribution in [1.29, 1.82) is 0 Å². The fourth-order valence-electron chi connectivity index (χ4n) is 2.74. The van der Waals surface area contributed by atoms with Gasteiger partial charge in [0.25, 0.3) is 5.91 Å². The Hall–Kier alpha value is -2.99. The number of aromatic hydroxyl groups is 1. The molecule has 0 aromatic heterocycles. The molecule has 0 aliphatic carbocycles. The molecule has 0 bridgehead atoms. The summed E-state index contributed by atoms with van der Waals surface area (Å²) >= 11 is 6.17. The molecule has 1 aliphatic rings. The quantitative estimate of drug-likeness (QED) is 0.800. The number of hydrazone groups is 1. The van der Waals surface area contributed by atoms with Crippen molar-refractivity contribution in [2.75, 3.05) is 19.2 Å². The van der Waals surface area contributed by atoms with Crippen LogP contribution in [0, 0.1) is 6.92 Å². The summed E-state index contributed by atoms with van der Waals surface area (Å²) in [7, 11) is 2.89. The van der Waals surface area contributed by atoms with Crippen LogP contribution in [0.25, 0.3) is 6.08 Å². The SMILES string of the molecule is COc1cc(/C=C2/C(=O)N(c3ccc(C)c(Cl)c3)N=C2C)cc(OC)c1O. The summed E-state index contributed by atoms with van der Waals surface area (Å²) in [6.45, 7) is 3.65. The first-order valence-electron chi connectivity index (χ1n) is 8.18. The third kappa shape index (κ3) is 3.48. The molecule has 1 amide bonds. The molecule has 7 heteroatoms. The van der Waals surface area contributed by atoms with Gasteiger partial charge in [0.05, 0.1) is 31.2 Å². The number of carbonyl (C=O) groups is 1. The number of nitrogens with zero attached hydrogens (tertiary/aromatic N) is 2. The minimum absolute atomic E-state index is 0.0961. The molecule has 0 atom stereocenters. The summed E-state index contributed by atoms with van der Waals surface area (Å²) in [5.41, 5.74) is 3.17. The Morgan fingerprint density at radius 1 is 1.11 bits per heavy atom. The van der Waals surface area contributed by atoms with Gasteiger partial charge in [-0.15, -0.1) is 0 Å². The van der Waals surface area contributed by atoms with Crippen LogP contribution in [-0.2, 0) is 4.79 Å². The second-order valence-corrected chi connectivity index (χ2v) is 6.48. The van der Waals surface area contributed by atoms with Crippen LogP contribution in [0.1, 0.15) is 18.1 Å². The summed E-state index contributed by atoms with van der Waals surface area (Å²) in [6, 6.07) is 8.59. The zero-order valence-electron chi connectivity index (χ0n) is 15.4. The Bertz CT molecular complexity index is 957. The monoisotopic (exact) mass is 386 g/mol. The maximum absolute atomic E-state index is 12.9. The summed E-state index contributed by atoms with van der Waals surface area (Å²) in [5, 5.41) is 16.3. The average molecular weight is 387 g/mol. The molecular weight excluding hydrogens is 368 g/mol. The summed E-state index contributed by atoms with van der Waals surface area (Å²) in [6.07, 6.45) is 1.68. The van der Waals surface area contributed by atoms with E-state index in [0.717, 1.165) is 5.56 Å². The smallest absolute Gasteiger partial charge is 0.280 e. The van der Waals surface area contributed by atoms with Gasteiger partial charge in [0.2, 0.25) is 5.75 Å². The standard InChI is InChI=1S/C20H19ClN2O4/c1-11-5-6-14(10-16(11)21)23-20(25)15(12(2)22-23)7-13-8-17(26-3)19(24)18(9-13)27-4/h5-10,24H,1-4H3/b15-7+. The van der Waals surface area contributed by atoms with Crippen LogP contribution in [0.4, 0.5) is 5.69 Å². The van der Waals surface area contributed by atoms with E-state index in [1.807, 2.05) is 13.0 Å². The van der Waals surface area contributed by atoms with E-state index in [2.05, 4.69) is 5.10 Å². The number of hydrogen-bond donors (Lipinski definition) is 1. The lowest BCUT2D eigenvalue weighted by molar-refractivity contribution is -0.114. The Kier molecular flexibility index (Phi) is 5.10. The van der Waals surface area contributed by atoms with Crippen molar-refractivity contribution in [3.63, 3.8) is 0 Å². The molecule has 6 nitrogen and oxygen atoms in total. The summed E-state index contributed by atoms with van der Waals surface area (Å²) in [4.78, 5) is 12.9. The maximum atomic E-state index is 12.9. The van der Waals surface area contributed by atoms with Gasteiger partial charge in [-0.05, 0) is 55.3 Å². The van der Waals surface area contributed by atoms with E-state index in [-0.39, 0.29) is 23.2 Å². The van der Waals surface area contributed by atoms with Gasteiger partial charge in [0.1, 0.15) is 0 Å². The van der Waals surface area contributed by atoms with Gasteiger partial charge in [0, 0.05) is 5.02 Å². The van der Waals surface area contributed by atoms with E-state index < -0.39 is 0 Å². The molecule has 0 unspecified atom stereocenters. The average Bonchev–Trinajstić information content (AvgIpc) is 2.93. The van der Waals surface area contributed by atoms with E-state index >= 15 is 0 Å². The molecule has 2 aromatic carbocycles. The number of ether oxygens (including phenoxy) is 2. The Labute approximate surface area is 162 Å². The van der Waals surface area contributed by atoms with Gasteiger partial charge in [0.15, 0.2) is 11.5 Å². The maximum Gasteiger partial charge on any atom is 0.280 e. The van der Waals surface area contributed by atoms with Crippen molar-refractivity contribution in [2.24, 2.45) is 5.10 Å². The van der Waals surface area contributed by atoms with E-state index in [1.165, 1.54) is 19.2 Å². The van der Waals surface area contributed by atoms with E-state index in [9.17, 15) is 9.90 Å². The molecule has 27 heavy (non-hydrogen) atoms. The number of anilines is 1. The predicted octanol–water partition coefficient (Wildman–Crippen LogP) is 4.18. The van der Waals surface area contributed by atoms with Crippen LogP contribution in [0.2, 0.25) is 5.02 Å². The molecular formula is C20H19ClN2O4. The molecule has 1 N–H and O–H groups in total. The minimum Gasteiger partial charge on any atom is -0.502 e. The highest BCUT2D eigenvalue weighted by molar-refractivity contribution is 6.33. The van der Waals surface area contributed by atoms with Crippen molar-refractivity contribution in [3.8, 4) is 17.2 Å². The van der Waals surface area contributed by atoms with Crippen molar-refractivity contribution >= 4 is 35.0 Å². The highest BCUT2D eigenvalue weighted by Crippen LogP contribution is 2.38. The third-order valence-corrected chi connectivity index (χ3v) is 4.68. The molecule has 2 aromatic rings. The van der Waals surface area contributed by atoms with Crippen LogP contribution < -0.4 is 14.5 Å². The topological polar surface area (TPSA) is 71.4 Å². The largest absolute Gasteiger partial charge is 0.502 e. The van der Waals surface area contributed by atoms with Gasteiger partial charge in [-0.25, -0.2) is 0 Å². The van der Waals surface area contributed by atoms with E-state index in [0.29, 0.717) is 27.6 Å². The number of phenols is 1. The van der Waals surface area contributed by atoms with Crippen LogP contribution in [0.15, 0.2) is 41.0 Å². The van der Waals surface area contributed by atoms with Crippen LogP contribution in [-0.4, -0.2) is 30.9 Å². The molecule has 0 saturated heterocycles. The molecule has 0 radical (unpaired) electrons. The van der Waals surface area contributed by atoms with Crippen LogP contribution in [0.3, 0.4) is 0 Å². The number of halogens is 1. The van der Waals surface area contributed by atoms with Crippen molar-refractivity contribution in [1.82, 2.24) is 0 Å². The zero-order valence-corrected chi connectivity index (χ0v) is 16.2. The Morgan fingerprint density at radius 2 is 1.74 bits per heavy atom. The minimum atomic E-state index is -0.265. The number of rotatable bonds is 4. The number of amides is 1. The molecule has 1 aliphatic heterocycles. The van der Waals surface area contributed by atoms with Crippen molar-refractivity contribution in [3.05, 3.63) is 52.1 Å². The second kappa shape index (κ2) is 7.32. The van der Waals surface area contributed by atoms with Gasteiger partial charge in [-0.1, -0.05) is 17.7 Å². The highest BCUT2D eigenvalue weighted by atomic mass is 35.5. The number of phenolic OH excluding ortho intramolecular Hbond substituents is 1. The lowest BCUT2D eigenvalue weighted by Gasteiger charge is -2.13. The van der Waals surface area contributed by atoms with Gasteiger partial charge < -0.3 is 14.6 Å². The molecule has 3 rings (SSSR count). The molecule has 0 fully saturated rings. The Balaban J connectivity index is 2.00. The van der Waals surface area contributed by atoms with Gasteiger partial charge in [-0.3, -0.25) is 4.79 Å². The molecule has 140 valence electrons. The Morgan fingerprint density at radius 3 is 2.30 bits per heavy atom. The number of aryl methyl sites for hydroxylation is 1. The zero-order chi connectivity index (χ0) is 19.7. The first-order chi connectivity index (χ1) is 12.8. The van der Waals surface area contributed by atoms with Crippen molar-refractivity contribution in [2.45, 2.75) is 13.8 Å². The molecule has 1 heterocycles. The molecule has 0 saturated carbocycles. The first kappa shape index (κ1) is 18.8. The summed E-state index contributed by atoms with van der Waals surface area (Å²) < 4.78 is 10.3. The lowest BCUT2D eigenvalue weighted by atomic mass is 10.1. The highest BCUT2D eigenvalue weighted by Gasteiger charge is 2.29. The fraction of sp³-hybridized carbons (Fsp3) is 0.200. The number of methoxy groups -OCH3 is 2. The van der Waals surface area contributed by atoms with E-state index in [1.54, 1.807) is 37.3 Å². The predicted molar refractivity (Wildman–Crippen MR) is 106 cm³/mol. The normalized spacial score (nSPS) is 15.3. The van der Waals surface area contributed by atoms with Gasteiger partial charge in [-0.2, -0.15) is 10.1 Å². The van der Waals surface area contributed by atoms with Crippen LogP contribution in [0.5, 0.6) is 17.2 Å². The third-order valence-electron chi connectivity index (χ3n) is 4.28. The lowest BCUT2D eigenvalue weighted by Crippen LogP contribution is -2.21. The van der Waals surface area contributed by atoms with Crippen molar-refractivity contribution < 1.29 is 19.4 Å². The van der Waals surface area contributed by atoms with Gasteiger partial charge >= 0.3 is 0 Å². The molecule has 0 spiro atoms. The second-order valence-electron chi connectivity index (χ2n) is 6.07. The number of benzene rings is 2. The fourth-order valence-corrected chi connectivity index (χ4v) is 2.91. The van der Waals surface area contributed by atoms with E-state index in [4.69, 9.17) is 21.1 Å².